The zero-order chi connectivity index (χ0) is 13.3. The number of amides is 1. The van der Waals surface area contributed by atoms with E-state index in [0.29, 0.717) is 15.6 Å². The highest BCUT2D eigenvalue weighted by Gasteiger charge is 2.16. The summed E-state index contributed by atoms with van der Waals surface area (Å²) < 4.78 is 0. The molecule has 0 saturated carbocycles. The number of aromatic nitrogens is 1. The van der Waals surface area contributed by atoms with Crippen molar-refractivity contribution in [2.75, 3.05) is 5.32 Å². The molecule has 1 amide bonds. The Morgan fingerprint density at radius 1 is 1.33 bits per heavy atom. The molecule has 94 valence electrons. The number of pyridine rings is 1. The lowest BCUT2D eigenvalue weighted by Gasteiger charge is -2.08. The molecule has 2 aromatic heterocycles. The van der Waals surface area contributed by atoms with Crippen molar-refractivity contribution < 1.29 is 4.79 Å². The van der Waals surface area contributed by atoms with E-state index in [0.717, 1.165) is 11.1 Å². The number of nitrogens with zero attached hydrogens (tertiary/aromatic N) is 1. The zero-order valence-corrected chi connectivity index (χ0v) is 12.1. The third-order valence-electron chi connectivity index (χ3n) is 2.46. The molecule has 0 aromatic carbocycles. The largest absolute Gasteiger partial charge is 0.318 e. The molecule has 0 bridgehead atoms. The van der Waals surface area contributed by atoms with E-state index in [1.165, 1.54) is 11.3 Å². The van der Waals surface area contributed by atoms with Crippen LogP contribution in [0.25, 0.3) is 0 Å². The fraction of sp³-hybridized carbons (Fsp3) is 0.167. The molecule has 0 spiro atoms. The van der Waals surface area contributed by atoms with E-state index < -0.39 is 0 Å². The Balaban J connectivity index is 2.30. The van der Waals surface area contributed by atoms with Crippen molar-refractivity contribution in [2.45, 2.75) is 13.8 Å². The van der Waals surface area contributed by atoms with Crippen LogP contribution >= 0.6 is 34.5 Å². The van der Waals surface area contributed by atoms with Crippen molar-refractivity contribution in [2.24, 2.45) is 0 Å². The topological polar surface area (TPSA) is 42.0 Å². The molecule has 6 heteroatoms. The van der Waals surface area contributed by atoms with Crippen LogP contribution in [0.1, 0.15) is 20.8 Å². The van der Waals surface area contributed by atoms with Crippen molar-refractivity contribution in [1.29, 1.82) is 0 Å². The first-order chi connectivity index (χ1) is 8.50. The van der Waals surface area contributed by atoms with Crippen LogP contribution in [-0.4, -0.2) is 10.9 Å². The van der Waals surface area contributed by atoms with E-state index in [2.05, 4.69) is 10.3 Å². The zero-order valence-electron chi connectivity index (χ0n) is 9.75. The second kappa shape index (κ2) is 5.26. The average molecular weight is 301 g/mol. The molecule has 0 aliphatic carbocycles. The van der Waals surface area contributed by atoms with Gasteiger partial charge in [0.2, 0.25) is 0 Å². The molecule has 1 N–H and O–H groups in total. The van der Waals surface area contributed by atoms with E-state index in [1.54, 1.807) is 12.3 Å². The molecule has 0 atom stereocenters. The smallest absolute Gasteiger partial charge is 0.267 e. The second-order valence-corrected chi connectivity index (χ2v) is 5.43. The number of aryl methyl sites for hydroxylation is 2. The number of nitrogens with one attached hydrogen (secondary N) is 1. The fourth-order valence-corrected chi connectivity index (χ4v) is 2.85. The number of thiophene rings is 1. The van der Waals surface area contributed by atoms with Crippen molar-refractivity contribution in [3.63, 3.8) is 0 Å². The lowest BCUT2D eigenvalue weighted by atomic mass is 10.2. The van der Waals surface area contributed by atoms with E-state index >= 15 is 0 Å². The summed E-state index contributed by atoms with van der Waals surface area (Å²) in [6.45, 7) is 3.71. The Kier molecular flexibility index (Phi) is 3.90. The summed E-state index contributed by atoms with van der Waals surface area (Å²) in [5.74, 6) is -0.267. The van der Waals surface area contributed by atoms with Gasteiger partial charge >= 0.3 is 0 Å². The normalized spacial score (nSPS) is 10.4. The van der Waals surface area contributed by atoms with Gasteiger partial charge in [-0.2, -0.15) is 0 Å². The van der Waals surface area contributed by atoms with Gasteiger partial charge in [-0.3, -0.25) is 4.79 Å². The number of rotatable bonds is 2. The Bertz CT molecular complexity index is 590. The first kappa shape index (κ1) is 13.3. The summed E-state index contributed by atoms with van der Waals surface area (Å²) in [6, 6.07) is 1.78. The van der Waals surface area contributed by atoms with E-state index in [9.17, 15) is 4.79 Å². The standard InChI is InChI=1S/C12H10Cl2N2OS/c1-6-3-4-15-11(14)9(6)16-12(17)10-8(13)7(2)5-18-10/h3-5H,1-2H3,(H,16,17). The highest BCUT2D eigenvalue weighted by Crippen LogP contribution is 2.29. The minimum Gasteiger partial charge on any atom is -0.318 e. The molecule has 0 radical (unpaired) electrons. The van der Waals surface area contributed by atoms with Gasteiger partial charge in [-0.1, -0.05) is 23.2 Å². The van der Waals surface area contributed by atoms with Gasteiger partial charge in [0.1, 0.15) is 4.88 Å². The molecule has 2 heterocycles. The first-order valence-corrected chi connectivity index (χ1v) is 6.80. The molecule has 2 aromatic rings. The van der Waals surface area contributed by atoms with Crippen molar-refractivity contribution in [1.82, 2.24) is 4.98 Å². The number of hydrogen-bond donors (Lipinski definition) is 1. The maximum atomic E-state index is 12.1. The average Bonchev–Trinajstić information content (AvgIpc) is 2.65. The van der Waals surface area contributed by atoms with Crippen LogP contribution in [0.15, 0.2) is 17.6 Å². The van der Waals surface area contributed by atoms with Crippen LogP contribution in [0.2, 0.25) is 10.2 Å². The lowest BCUT2D eigenvalue weighted by Crippen LogP contribution is -2.12. The van der Waals surface area contributed by atoms with Gasteiger partial charge in [-0.05, 0) is 36.4 Å². The lowest BCUT2D eigenvalue weighted by molar-refractivity contribution is 0.103. The number of carbonyl (C=O) groups excluding carboxylic acids is 1. The van der Waals surface area contributed by atoms with E-state index in [4.69, 9.17) is 23.2 Å². The summed E-state index contributed by atoms with van der Waals surface area (Å²) in [6.07, 6.45) is 1.59. The predicted molar refractivity (Wildman–Crippen MR) is 76.0 cm³/mol. The third-order valence-corrected chi connectivity index (χ3v) is 4.44. The Morgan fingerprint density at radius 3 is 2.61 bits per heavy atom. The molecule has 0 aliphatic heterocycles. The van der Waals surface area contributed by atoms with Crippen LogP contribution in [0.4, 0.5) is 5.69 Å². The van der Waals surface area contributed by atoms with Gasteiger partial charge in [-0.25, -0.2) is 4.98 Å². The van der Waals surface area contributed by atoms with Crippen LogP contribution in [0.3, 0.4) is 0 Å². The minimum atomic E-state index is -0.267. The highest BCUT2D eigenvalue weighted by atomic mass is 35.5. The quantitative estimate of drug-likeness (QED) is 0.839. The van der Waals surface area contributed by atoms with Crippen LogP contribution in [-0.2, 0) is 0 Å². The number of hydrogen-bond acceptors (Lipinski definition) is 3. The van der Waals surface area contributed by atoms with Crippen molar-refractivity contribution in [3.8, 4) is 0 Å². The molecule has 18 heavy (non-hydrogen) atoms. The molecule has 3 nitrogen and oxygen atoms in total. The highest BCUT2D eigenvalue weighted by molar-refractivity contribution is 7.13. The molecular weight excluding hydrogens is 291 g/mol. The van der Waals surface area contributed by atoms with E-state index in [-0.39, 0.29) is 11.1 Å². The Morgan fingerprint density at radius 2 is 2.06 bits per heavy atom. The number of carbonyl (C=O) groups is 1. The Labute approximate surface area is 119 Å². The maximum Gasteiger partial charge on any atom is 0.267 e. The van der Waals surface area contributed by atoms with Gasteiger partial charge in [0.05, 0.1) is 10.7 Å². The van der Waals surface area contributed by atoms with Crippen LogP contribution < -0.4 is 5.32 Å². The molecule has 2 rings (SSSR count). The number of anilines is 1. The Hall–Kier alpha value is -1.10. The van der Waals surface area contributed by atoms with Gasteiger partial charge in [0.15, 0.2) is 5.15 Å². The van der Waals surface area contributed by atoms with Crippen molar-refractivity contribution >= 4 is 46.1 Å². The summed E-state index contributed by atoms with van der Waals surface area (Å²) in [5.41, 5.74) is 2.26. The first-order valence-electron chi connectivity index (χ1n) is 5.16. The van der Waals surface area contributed by atoms with E-state index in [1.807, 2.05) is 19.2 Å². The second-order valence-electron chi connectivity index (χ2n) is 3.81. The van der Waals surface area contributed by atoms with Crippen molar-refractivity contribution in [3.05, 3.63) is 43.8 Å². The van der Waals surface area contributed by atoms with Gasteiger partial charge in [-0.15, -0.1) is 11.3 Å². The maximum absolute atomic E-state index is 12.1. The molecule has 0 aliphatic rings. The number of halogens is 2. The third kappa shape index (κ3) is 2.51. The SMILES string of the molecule is Cc1csc(C(=O)Nc2c(C)ccnc2Cl)c1Cl. The summed E-state index contributed by atoms with van der Waals surface area (Å²) in [5, 5.41) is 5.34. The van der Waals surface area contributed by atoms with Crippen LogP contribution in [0.5, 0.6) is 0 Å². The van der Waals surface area contributed by atoms with Gasteiger partial charge in [0, 0.05) is 6.20 Å². The summed E-state index contributed by atoms with van der Waals surface area (Å²) in [4.78, 5) is 16.5. The monoisotopic (exact) mass is 300 g/mol. The molecular formula is C12H10Cl2N2OS. The molecule has 0 fully saturated rings. The van der Waals surface area contributed by atoms with Gasteiger partial charge in [0.25, 0.3) is 5.91 Å². The van der Waals surface area contributed by atoms with Gasteiger partial charge < -0.3 is 5.32 Å². The fourth-order valence-electron chi connectivity index (χ4n) is 1.43. The summed E-state index contributed by atoms with van der Waals surface area (Å²) >= 11 is 13.3. The molecule has 0 unspecified atom stereocenters. The van der Waals surface area contributed by atoms with Crippen LogP contribution in [0, 0.1) is 13.8 Å². The molecule has 0 saturated heterocycles. The minimum absolute atomic E-state index is 0.267. The predicted octanol–water partition coefficient (Wildman–Crippen LogP) is 4.32. The summed E-state index contributed by atoms with van der Waals surface area (Å²) in [7, 11) is 0.